The summed E-state index contributed by atoms with van der Waals surface area (Å²) in [7, 11) is 0. The van der Waals surface area contributed by atoms with E-state index in [2.05, 4.69) is 22.4 Å². The van der Waals surface area contributed by atoms with Gasteiger partial charge in [-0.1, -0.05) is 48.5 Å². The van der Waals surface area contributed by atoms with E-state index in [0.29, 0.717) is 39.2 Å². The number of hydrogen-bond acceptors (Lipinski definition) is 3. The molecule has 0 bridgehead atoms. The molecule has 0 radical (unpaired) electrons. The summed E-state index contributed by atoms with van der Waals surface area (Å²) in [6, 6.07) is 18.3. The number of fused-ring (bicyclic) bond motifs is 1. The van der Waals surface area contributed by atoms with Crippen molar-refractivity contribution in [2.75, 3.05) is 19.8 Å². The van der Waals surface area contributed by atoms with Gasteiger partial charge in [0.25, 0.3) is 5.91 Å². The number of carbonyl (C=O) groups is 1. The molecule has 3 aromatic rings. The molecular weight excluding hydrogens is 364 g/mol. The first-order chi connectivity index (χ1) is 14.3. The molecule has 1 aliphatic rings. The van der Waals surface area contributed by atoms with Gasteiger partial charge in [-0.25, -0.2) is 0 Å². The van der Waals surface area contributed by atoms with Crippen LogP contribution in [0.3, 0.4) is 0 Å². The van der Waals surface area contributed by atoms with Gasteiger partial charge in [-0.3, -0.25) is 4.79 Å². The molecule has 5 nitrogen and oxygen atoms in total. The molecule has 29 heavy (non-hydrogen) atoms. The van der Waals surface area contributed by atoms with Crippen molar-refractivity contribution >= 4 is 16.8 Å². The lowest BCUT2D eigenvalue weighted by molar-refractivity contribution is -0.117. The number of ether oxygens (including phenoxy) is 2. The Kier molecular flexibility index (Phi) is 6.27. The van der Waals surface area contributed by atoms with Crippen LogP contribution in [0.4, 0.5) is 0 Å². The van der Waals surface area contributed by atoms with E-state index in [1.54, 1.807) is 0 Å². The minimum absolute atomic E-state index is 0.0274. The lowest BCUT2D eigenvalue weighted by atomic mass is 10.1. The van der Waals surface area contributed by atoms with Crippen molar-refractivity contribution in [1.82, 2.24) is 10.3 Å². The summed E-state index contributed by atoms with van der Waals surface area (Å²) < 4.78 is 11.4. The van der Waals surface area contributed by atoms with Gasteiger partial charge in [0.2, 0.25) is 0 Å². The molecule has 2 N–H and O–H groups in total. The third kappa shape index (κ3) is 4.87. The van der Waals surface area contributed by atoms with Crippen molar-refractivity contribution < 1.29 is 14.3 Å². The fourth-order valence-electron chi connectivity index (χ4n) is 3.65. The highest BCUT2D eigenvalue weighted by Crippen LogP contribution is 2.23. The second-order valence-corrected chi connectivity index (χ2v) is 7.15. The number of benzene rings is 2. The van der Waals surface area contributed by atoms with Crippen LogP contribution in [0.15, 0.2) is 72.1 Å². The van der Waals surface area contributed by atoms with Gasteiger partial charge in [-0.2, -0.15) is 0 Å². The first kappa shape index (κ1) is 19.3. The molecule has 0 saturated heterocycles. The maximum atomic E-state index is 12.6. The van der Waals surface area contributed by atoms with Gasteiger partial charge in [0.15, 0.2) is 0 Å². The maximum Gasteiger partial charge on any atom is 0.250 e. The Morgan fingerprint density at radius 2 is 1.90 bits per heavy atom. The first-order valence-corrected chi connectivity index (χ1v) is 10.1. The average Bonchev–Trinajstić information content (AvgIpc) is 3.39. The van der Waals surface area contributed by atoms with Crippen molar-refractivity contribution in [3.63, 3.8) is 0 Å². The average molecular weight is 390 g/mol. The van der Waals surface area contributed by atoms with Crippen LogP contribution in [0.2, 0.25) is 0 Å². The van der Waals surface area contributed by atoms with Gasteiger partial charge in [-0.15, -0.1) is 0 Å². The van der Waals surface area contributed by atoms with E-state index in [-0.39, 0.29) is 5.91 Å². The minimum atomic E-state index is -0.0274. The zero-order valence-corrected chi connectivity index (χ0v) is 16.4. The lowest BCUT2D eigenvalue weighted by Crippen LogP contribution is -2.27. The Bertz CT molecular complexity index is 992. The Hall–Kier alpha value is -3.05. The Balaban J connectivity index is 1.25. The van der Waals surface area contributed by atoms with E-state index in [9.17, 15) is 4.79 Å². The highest BCUT2D eigenvalue weighted by molar-refractivity contribution is 5.94. The summed E-state index contributed by atoms with van der Waals surface area (Å²) in [5, 5.41) is 4.25. The molecule has 0 unspecified atom stereocenters. The number of amides is 1. The van der Waals surface area contributed by atoms with Crippen LogP contribution in [-0.4, -0.2) is 30.6 Å². The number of para-hydroxylation sites is 1. The number of aromatic amines is 1. The molecular formula is C24H26N2O3. The van der Waals surface area contributed by atoms with Crippen LogP contribution in [0.5, 0.6) is 0 Å². The van der Waals surface area contributed by atoms with Gasteiger partial charge in [0.05, 0.1) is 25.4 Å². The summed E-state index contributed by atoms with van der Waals surface area (Å²) in [6.45, 7) is 2.28. The molecule has 1 aromatic heterocycles. The predicted molar refractivity (Wildman–Crippen MR) is 113 cm³/mol. The van der Waals surface area contributed by atoms with Gasteiger partial charge in [-0.05, 0) is 23.6 Å². The number of carbonyl (C=O) groups excluding carboxylic acids is 1. The summed E-state index contributed by atoms with van der Waals surface area (Å²) in [4.78, 5) is 15.9. The van der Waals surface area contributed by atoms with Gasteiger partial charge in [0, 0.05) is 36.5 Å². The largest absolute Gasteiger partial charge is 0.497 e. The van der Waals surface area contributed by atoms with Gasteiger partial charge in [0.1, 0.15) is 5.76 Å². The van der Waals surface area contributed by atoms with Crippen molar-refractivity contribution in [3.05, 3.63) is 83.3 Å². The molecule has 0 aliphatic carbocycles. The van der Waals surface area contributed by atoms with Crippen molar-refractivity contribution in [2.24, 2.45) is 0 Å². The SMILES string of the molecule is O=C(NCCc1c[nH]c2ccccc12)C1=C(CCOCc2ccccc2)OCC1. The number of nitrogens with one attached hydrogen (secondary N) is 2. The lowest BCUT2D eigenvalue weighted by Gasteiger charge is -2.09. The Morgan fingerprint density at radius 1 is 1.07 bits per heavy atom. The normalized spacial score (nSPS) is 13.7. The van der Waals surface area contributed by atoms with Gasteiger partial charge < -0.3 is 19.8 Å². The molecule has 150 valence electrons. The Morgan fingerprint density at radius 3 is 2.79 bits per heavy atom. The second-order valence-electron chi connectivity index (χ2n) is 7.15. The maximum absolute atomic E-state index is 12.6. The molecule has 4 rings (SSSR count). The van der Waals surface area contributed by atoms with E-state index in [0.717, 1.165) is 28.8 Å². The zero-order valence-electron chi connectivity index (χ0n) is 16.4. The summed E-state index contributed by atoms with van der Waals surface area (Å²) >= 11 is 0. The molecule has 1 amide bonds. The van der Waals surface area contributed by atoms with Crippen molar-refractivity contribution in [1.29, 1.82) is 0 Å². The first-order valence-electron chi connectivity index (χ1n) is 10.1. The molecule has 2 heterocycles. The second kappa shape index (κ2) is 9.43. The fourth-order valence-corrected chi connectivity index (χ4v) is 3.65. The number of rotatable bonds is 9. The van der Waals surface area contributed by atoms with Crippen LogP contribution < -0.4 is 5.32 Å². The molecule has 0 saturated carbocycles. The van der Waals surface area contributed by atoms with Crippen molar-refractivity contribution in [2.45, 2.75) is 25.9 Å². The van der Waals surface area contributed by atoms with E-state index in [4.69, 9.17) is 9.47 Å². The van der Waals surface area contributed by atoms with Gasteiger partial charge >= 0.3 is 0 Å². The van der Waals surface area contributed by atoms with Crippen LogP contribution in [0.1, 0.15) is 24.0 Å². The highest BCUT2D eigenvalue weighted by atomic mass is 16.5. The van der Waals surface area contributed by atoms with E-state index < -0.39 is 0 Å². The summed E-state index contributed by atoms with van der Waals surface area (Å²) in [6.07, 6.45) is 4.09. The number of hydrogen-bond donors (Lipinski definition) is 2. The van der Waals surface area contributed by atoms with Crippen molar-refractivity contribution in [3.8, 4) is 0 Å². The molecule has 0 fully saturated rings. The third-order valence-corrected chi connectivity index (χ3v) is 5.18. The van der Waals surface area contributed by atoms with Crippen LogP contribution in [0.25, 0.3) is 10.9 Å². The molecule has 1 aliphatic heterocycles. The standard InChI is InChI=1S/C24H26N2O3/c27-24(25-13-10-19-16-26-22-9-5-4-8-20(19)22)21-11-15-29-23(21)12-14-28-17-18-6-2-1-3-7-18/h1-9,16,26H,10-15,17H2,(H,25,27). The molecule has 0 spiro atoms. The minimum Gasteiger partial charge on any atom is -0.497 e. The highest BCUT2D eigenvalue weighted by Gasteiger charge is 2.22. The number of H-pyrrole nitrogens is 1. The number of aromatic nitrogens is 1. The zero-order chi connectivity index (χ0) is 19.9. The Labute approximate surface area is 170 Å². The quantitative estimate of drug-likeness (QED) is 0.541. The smallest absolute Gasteiger partial charge is 0.250 e. The van der Waals surface area contributed by atoms with Crippen LogP contribution in [-0.2, 0) is 27.3 Å². The van der Waals surface area contributed by atoms with Crippen LogP contribution >= 0.6 is 0 Å². The molecule has 2 aromatic carbocycles. The van der Waals surface area contributed by atoms with E-state index in [1.807, 2.05) is 48.7 Å². The van der Waals surface area contributed by atoms with E-state index in [1.165, 1.54) is 10.9 Å². The van der Waals surface area contributed by atoms with Crippen LogP contribution in [0, 0.1) is 0 Å². The molecule has 5 heteroatoms. The van der Waals surface area contributed by atoms with E-state index >= 15 is 0 Å². The molecule has 0 atom stereocenters. The monoisotopic (exact) mass is 390 g/mol. The summed E-state index contributed by atoms with van der Waals surface area (Å²) in [5.74, 6) is 0.739. The topological polar surface area (TPSA) is 63.4 Å². The fraction of sp³-hybridized carbons (Fsp3) is 0.292. The third-order valence-electron chi connectivity index (χ3n) is 5.18. The predicted octanol–water partition coefficient (Wildman–Crippen LogP) is 4.11. The summed E-state index contributed by atoms with van der Waals surface area (Å²) in [5.41, 5.74) is 4.24.